The molecule has 98 valence electrons. The van der Waals surface area contributed by atoms with Crippen LogP contribution in [0.1, 0.15) is 0 Å². The number of para-hydroxylation sites is 1. The third kappa shape index (κ3) is 2.05. The standard InChI is InChI=1S/C15H16N2O2/c1-17-12-4-2-3-11(15(12)16)10-5-6-13-14(9-10)19-8-7-18-13/h2-6,9,17H,7-8,16H2,1H3. The minimum atomic E-state index is 0.586. The molecule has 2 aromatic rings. The predicted molar refractivity (Wildman–Crippen MR) is 76.8 cm³/mol. The quantitative estimate of drug-likeness (QED) is 0.811. The first-order chi connectivity index (χ1) is 9.29. The first-order valence-electron chi connectivity index (χ1n) is 6.26. The van der Waals surface area contributed by atoms with Gasteiger partial charge >= 0.3 is 0 Å². The SMILES string of the molecule is CNc1cccc(-c2ccc3c(c2)OCCO3)c1N. The number of nitrogens with two attached hydrogens (primary N) is 1. The molecule has 0 bridgehead atoms. The normalized spacial score (nSPS) is 13.1. The zero-order chi connectivity index (χ0) is 13.2. The monoisotopic (exact) mass is 256 g/mol. The lowest BCUT2D eigenvalue weighted by molar-refractivity contribution is 0.171. The molecule has 4 nitrogen and oxygen atoms in total. The number of hydrogen-bond acceptors (Lipinski definition) is 4. The van der Waals surface area contributed by atoms with Crippen LogP contribution in [-0.2, 0) is 0 Å². The number of anilines is 2. The van der Waals surface area contributed by atoms with E-state index < -0.39 is 0 Å². The van der Waals surface area contributed by atoms with Gasteiger partial charge in [-0.05, 0) is 23.8 Å². The van der Waals surface area contributed by atoms with Gasteiger partial charge in [-0.1, -0.05) is 18.2 Å². The molecule has 0 saturated heterocycles. The Hall–Kier alpha value is -2.36. The highest BCUT2D eigenvalue weighted by Gasteiger charge is 2.14. The van der Waals surface area contributed by atoms with Crippen molar-refractivity contribution in [3.63, 3.8) is 0 Å². The average molecular weight is 256 g/mol. The number of fused-ring (bicyclic) bond motifs is 1. The minimum absolute atomic E-state index is 0.586. The van der Waals surface area contributed by atoms with Crippen LogP contribution >= 0.6 is 0 Å². The summed E-state index contributed by atoms with van der Waals surface area (Å²) in [4.78, 5) is 0. The molecule has 0 atom stereocenters. The summed E-state index contributed by atoms with van der Waals surface area (Å²) in [5.74, 6) is 1.57. The first-order valence-corrected chi connectivity index (χ1v) is 6.26. The molecule has 0 aromatic heterocycles. The number of hydrogen-bond donors (Lipinski definition) is 2. The van der Waals surface area contributed by atoms with Crippen LogP contribution in [0.3, 0.4) is 0 Å². The maximum Gasteiger partial charge on any atom is 0.161 e. The smallest absolute Gasteiger partial charge is 0.161 e. The molecule has 1 aliphatic rings. The highest BCUT2D eigenvalue weighted by Crippen LogP contribution is 2.37. The molecule has 0 fully saturated rings. The van der Waals surface area contributed by atoms with Gasteiger partial charge in [0.15, 0.2) is 11.5 Å². The predicted octanol–water partition coefficient (Wildman–Crippen LogP) is 2.75. The minimum Gasteiger partial charge on any atom is -0.486 e. The summed E-state index contributed by atoms with van der Waals surface area (Å²) < 4.78 is 11.1. The second-order valence-corrected chi connectivity index (χ2v) is 4.38. The molecule has 1 heterocycles. The molecule has 0 spiro atoms. The Morgan fingerprint density at radius 2 is 1.84 bits per heavy atom. The summed E-state index contributed by atoms with van der Waals surface area (Å²) in [5, 5.41) is 3.09. The van der Waals surface area contributed by atoms with E-state index in [9.17, 15) is 0 Å². The molecule has 4 heteroatoms. The molecule has 0 saturated carbocycles. The van der Waals surface area contributed by atoms with Crippen LogP contribution in [0.15, 0.2) is 36.4 Å². The Balaban J connectivity index is 2.07. The number of nitrogen functional groups attached to an aromatic ring is 1. The summed E-state index contributed by atoms with van der Waals surface area (Å²) in [7, 11) is 1.86. The lowest BCUT2D eigenvalue weighted by Gasteiger charge is -2.19. The maximum atomic E-state index is 6.17. The van der Waals surface area contributed by atoms with Crippen molar-refractivity contribution in [1.29, 1.82) is 0 Å². The van der Waals surface area contributed by atoms with Gasteiger partial charge < -0.3 is 20.5 Å². The largest absolute Gasteiger partial charge is 0.486 e. The van der Waals surface area contributed by atoms with Crippen molar-refractivity contribution in [2.75, 3.05) is 31.3 Å². The Morgan fingerprint density at radius 3 is 2.63 bits per heavy atom. The summed E-state index contributed by atoms with van der Waals surface area (Å²) in [6.07, 6.45) is 0. The second kappa shape index (κ2) is 4.72. The Morgan fingerprint density at radius 1 is 1.05 bits per heavy atom. The molecular weight excluding hydrogens is 240 g/mol. The van der Waals surface area contributed by atoms with Gasteiger partial charge in [-0.15, -0.1) is 0 Å². The van der Waals surface area contributed by atoms with Crippen LogP contribution in [0.5, 0.6) is 11.5 Å². The Labute approximate surface area is 112 Å². The van der Waals surface area contributed by atoms with Gasteiger partial charge in [0.1, 0.15) is 13.2 Å². The average Bonchev–Trinajstić information content (AvgIpc) is 2.47. The first kappa shape index (κ1) is 11.7. The topological polar surface area (TPSA) is 56.5 Å². The van der Waals surface area contributed by atoms with E-state index in [-0.39, 0.29) is 0 Å². The van der Waals surface area contributed by atoms with E-state index in [0.717, 1.165) is 34.0 Å². The molecule has 3 rings (SSSR count). The maximum absolute atomic E-state index is 6.17. The van der Waals surface area contributed by atoms with Gasteiger partial charge in [-0.3, -0.25) is 0 Å². The van der Waals surface area contributed by atoms with Gasteiger partial charge in [0.2, 0.25) is 0 Å². The highest BCUT2D eigenvalue weighted by atomic mass is 16.6. The molecule has 0 radical (unpaired) electrons. The Kier molecular flexibility index (Phi) is 2.91. The number of ether oxygens (including phenoxy) is 2. The molecule has 0 amide bonds. The molecule has 0 aliphatic carbocycles. The van der Waals surface area contributed by atoms with Crippen molar-refractivity contribution < 1.29 is 9.47 Å². The summed E-state index contributed by atoms with van der Waals surface area (Å²) in [6, 6.07) is 11.8. The van der Waals surface area contributed by atoms with Crippen molar-refractivity contribution in [2.24, 2.45) is 0 Å². The van der Waals surface area contributed by atoms with E-state index >= 15 is 0 Å². The molecule has 1 aliphatic heterocycles. The van der Waals surface area contributed by atoms with Gasteiger partial charge in [0.05, 0.1) is 11.4 Å². The van der Waals surface area contributed by atoms with Crippen molar-refractivity contribution in [3.8, 4) is 22.6 Å². The fraction of sp³-hybridized carbons (Fsp3) is 0.200. The number of nitrogens with one attached hydrogen (secondary N) is 1. The van der Waals surface area contributed by atoms with Gasteiger partial charge in [0, 0.05) is 12.6 Å². The van der Waals surface area contributed by atoms with Crippen molar-refractivity contribution in [2.45, 2.75) is 0 Å². The number of rotatable bonds is 2. The number of benzene rings is 2. The van der Waals surface area contributed by atoms with Crippen molar-refractivity contribution in [3.05, 3.63) is 36.4 Å². The third-order valence-corrected chi connectivity index (χ3v) is 3.23. The van der Waals surface area contributed by atoms with E-state index in [1.54, 1.807) is 0 Å². The lowest BCUT2D eigenvalue weighted by atomic mass is 10.0. The van der Waals surface area contributed by atoms with E-state index in [1.165, 1.54) is 0 Å². The van der Waals surface area contributed by atoms with E-state index in [0.29, 0.717) is 13.2 Å². The zero-order valence-electron chi connectivity index (χ0n) is 10.8. The fourth-order valence-corrected chi connectivity index (χ4v) is 2.25. The van der Waals surface area contributed by atoms with Gasteiger partial charge in [0.25, 0.3) is 0 Å². The van der Waals surface area contributed by atoms with Crippen LogP contribution in [0.4, 0.5) is 11.4 Å². The summed E-state index contributed by atoms with van der Waals surface area (Å²) in [6.45, 7) is 1.19. The van der Waals surface area contributed by atoms with Crippen LogP contribution < -0.4 is 20.5 Å². The van der Waals surface area contributed by atoms with Crippen LogP contribution in [0.25, 0.3) is 11.1 Å². The lowest BCUT2D eigenvalue weighted by Crippen LogP contribution is -2.15. The second-order valence-electron chi connectivity index (χ2n) is 4.38. The molecular formula is C15H16N2O2. The summed E-state index contributed by atoms with van der Waals surface area (Å²) in [5.41, 5.74) is 9.84. The summed E-state index contributed by atoms with van der Waals surface area (Å²) >= 11 is 0. The van der Waals surface area contributed by atoms with Crippen molar-refractivity contribution in [1.82, 2.24) is 0 Å². The molecule has 3 N–H and O–H groups in total. The molecule has 19 heavy (non-hydrogen) atoms. The zero-order valence-corrected chi connectivity index (χ0v) is 10.8. The van der Waals surface area contributed by atoms with E-state index in [1.807, 2.05) is 43.4 Å². The fourth-order valence-electron chi connectivity index (χ4n) is 2.25. The highest BCUT2D eigenvalue weighted by molar-refractivity contribution is 5.86. The molecule has 0 unspecified atom stereocenters. The van der Waals surface area contributed by atoms with Crippen LogP contribution in [0.2, 0.25) is 0 Å². The van der Waals surface area contributed by atoms with Gasteiger partial charge in [-0.2, -0.15) is 0 Å². The van der Waals surface area contributed by atoms with Crippen molar-refractivity contribution >= 4 is 11.4 Å². The van der Waals surface area contributed by atoms with E-state index in [2.05, 4.69) is 5.32 Å². The van der Waals surface area contributed by atoms with Crippen LogP contribution in [0, 0.1) is 0 Å². The Bertz CT molecular complexity index is 611. The van der Waals surface area contributed by atoms with Crippen LogP contribution in [-0.4, -0.2) is 20.3 Å². The molecule has 2 aromatic carbocycles. The van der Waals surface area contributed by atoms with Gasteiger partial charge in [-0.25, -0.2) is 0 Å². The van der Waals surface area contributed by atoms with E-state index in [4.69, 9.17) is 15.2 Å². The third-order valence-electron chi connectivity index (χ3n) is 3.23.